The van der Waals surface area contributed by atoms with Crippen LogP contribution in [-0.4, -0.2) is 22.5 Å². The highest BCUT2D eigenvalue weighted by Crippen LogP contribution is 2.19. The Morgan fingerprint density at radius 3 is 2.65 bits per heavy atom. The maximum atomic E-state index is 12.1. The van der Waals surface area contributed by atoms with Gasteiger partial charge >= 0.3 is 5.97 Å². The van der Waals surface area contributed by atoms with E-state index in [2.05, 4.69) is 9.97 Å². The predicted octanol–water partition coefficient (Wildman–Crippen LogP) is 1.92. The Hall–Kier alpha value is -1.98. The van der Waals surface area contributed by atoms with E-state index in [-0.39, 0.29) is 19.1 Å². The predicted molar refractivity (Wildman–Crippen MR) is 75.1 cm³/mol. The first kappa shape index (κ1) is 14.4. The summed E-state index contributed by atoms with van der Waals surface area (Å²) in [6.45, 7) is 0.273. The molecule has 2 rings (SSSR count). The molecule has 0 aliphatic rings. The average Bonchev–Trinajstić information content (AvgIpc) is 2.49. The molecule has 1 aromatic heterocycles. The standard InChI is InChI=1S/C14H14ClN3O2/c15-11-3-1-10(2-4-11)13(7-16)14(19)20-8-12-5-6-17-9-18-12/h1-6,9,13H,7-8,16H2. The van der Waals surface area contributed by atoms with E-state index in [0.29, 0.717) is 10.7 Å². The van der Waals surface area contributed by atoms with Gasteiger partial charge in [-0.1, -0.05) is 23.7 Å². The largest absolute Gasteiger partial charge is 0.459 e. The molecule has 0 aliphatic carbocycles. The van der Waals surface area contributed by atoms with Crippen molar-refractivity contribution < 1.29 is 9.53 Å². The summed E-state index contributed by atoms with van der Waals surface area (Å²) in [6, 6.07) is 8.67. The second kappa shape index (κ2) is 6.98. The molecule has 2 aromatic rings. The second-order valence-corrected chi connectivity index (χ2v) is 4.58. The molecule has 0 aliphatic heterocycles. The Morgan fingerprint density at radius 2 is 2.05 bits per heavy atom. The van der Waals surface area contributed by atoms with Crippen LogP contribution in [0.25, 0.3) is 0 Å². The first-order valence-corrected chi connectivity index (χ1v) is 6.45. The number of hydrogen-bond donors (Lipinski definition) is 1. The van der Waals surface area contributed by atoms with Crippen molar-refractivity contribution in [3.05, 3.63) is 59.1 Å². The van der Waals surface area contributed by atoms with E-state index in [1.165, 1.54) is 6.33 Å². The maximum Gasteiger partial charge on any atom is 0.315 e. The Bertz CT molecular complexity index is 560. The molecule has 104 valence electrons. The quantitative estimate of drug-likeness (QED) is 0.852. The number of nitrogens with two attached hydrogens (primary N) is 1. The van der Waals surface area contributed by atoms with Crippen LogP contribution in [0.5, 0.6) is 0 Å². The van der Waals surface area contributed by atoms with Crippen LogP contribution in [-0.2, 0) is 16.1 Å². The van der Waals surface area contributed by atoms with Crippen LogP contribution < -0.4 is 5.73 Å². The van der Waals surface area contributed by atoms with Gasteiger partial charge in [0.25, 0.3) is 0 Å². The van der Waals surface area contributed by atoms with Crippen LogP contribution in [0.1, 0.15) is 17.2 Å². The number of carbonyl (C=O) groups excluding carboxylic acids is 1. The fourth-order valence-corrected chi connectivity index (χ4v) is 1.84. The average molecular weight is 292 g/mol. The smallest absolute Gasteiger partial charge is 0.315 e. The lowest BCUT2D eigenvalue weighted by Crippen LogP contribution is -2.23. The molecule has 1 unspecified atom stereocenters. The fraction of sp³-hybridized carbons (Fsp3) is 0.214. The Morgan fingerprint density at radius 1 is 1.30 bits per heavy atom. The Labute approximate surface area is 121 Å². The van der Waals surface area contributed by atoms with Gasteiger partial charge in [-0.25, -0.2) is 9.97 Å². The van der Waals surface area contributed by atoms with Gasteiger partial charge in [0, 0.05) is 17.8 Å². The third-order valence-corrected chi connectivity index (χ3v) is 3.05. The number of hydrogen-bond acceptors (Lipinski definition) is 5. The summed E-state index contributed by atoms with van der Waals surface area (Å²) < 4.78 is 5.22. The molecule has 20 heavy (non-hydrogen) atoms. The number of esters is 1. The summed E-state index contributed by atoms with van der Waals surface area (Å²) in [5, 5.41) is 0.610. The van der Waals surface area contributed by atoms with Gasteiger partial charge in [0.2, 0.25) is 0 Å². The van der Waals surface area contributed by atoms with Gasteiger partial charge in [-0.15, -0.1) is 0 Å². The lowest BCUT2D eigenvalue weighted by Gasteiger charge is -2.14. The molecule has 1 heterocycles. The van der Waals surface area contributed by atoms with Crippen LogP contribution in [0.15, 0.2) is 42.9 Å². The van der Waals surface area contributed by atoms with E-state index in [4.69, 9.17) is 22.1 Å². The highest BCUT2D eigenvalue weighted by Gasteiger charge is 2.20. The highest BCUT2D eigenvalue weighted by atomic mass is 35.5. The van der Waals surface area contributed by atoms with Gasteiger partial charge in [-0.3, -0.25) is 4.79 Å². The van der Waals surface area contributed by atoms with Gasteiger partial charge in [-0.05, 0) is 23.8 Å². The SMILES string of the molecule is NCC(C(=O)OCc1ccncn1)c1ccc(Cl)cc1. The van der Waals surface area contributed by atoms with Crippen molar-refractivity contribution in [2.75, 3.05) is 6.54 Å². The Kier molecular flexibility index (Phi) is 5.03. The van der Waals surface area contributed by atoms with E-state index in [9.17, 15) is 4.79 Å². The summed E-state index contributed by atoms with van der Waals surface area (Å²) in [5.74, 6) is -0.887. The molecule has 0 amide bonds. The molecule has 0 radical (unpaired) electrons. The summed E-state index contributed by atoms with van der Waals surface area (Å²) in [7, 11) is 0. The van der Waals surface area contributed by atoms with Crippen molar-refractivity contribution in [1.82, 2.24) is 9.97 Å². The van der Waals surface area contributed by atoms with E-state index < -0.39 is 5.92 Å². The Balaban J connectivity index is 2.00. The lowest BCUT2D eigenvalue weighted by atomic mass is 10.00. The molecule has 5 nitrogen and oxygen atoms in total. The van der Waals surface area contributed by atoms with Crippen molar-refractivity contribution in [3.63, 3.8) is 0 Å². The molecule has 0 saturated carbocycles. The minimum absolute atomic E-state index is 0.103. The van der Waals surface area contributed by atoms with Crippen LogP contribution in [0.4, 0.5) is 0 Å². The number of ether oxygens (including phenoxy) is 1. The second-order valence-electron chi connectivity index (χ2n) is 4.15. The molecule has 1 aromatic carbocycles. The number of carbonyl (C=O) groups is 1. The first-order chi connectivity index (χ1) is 9.70. The topological polar surface area (TPSA) is 78.1 Å². The molecule has 0 fully saturated rings. The van der Waals surface area contributed by atoms with Crippen LogP contribution in [0.2, 0.25) is 5.02 Å². The number of aromatic nitrogens is 2. The van der Waals surface area contributed by atoms with Crippen molar-refractivity contribution in [1.29, 1.82) is 0 Å². The molecule has 6 heteroatoms. The molecule has 2 N–H and O–H groups in total. The van der Waals surface area contributed by atoms with Crippen molar-refractivity contribution >= 4 is 17.6 Å². The summed E-state index contributed by atoms with van der Waals surface area (Å²) >= 11 is 5.82. The zero-order valence-electron chi connectivity index (χ0n) is 10.7. The van der Waals surface area contributed by atoms with Gasteiger partial charge in [-0.2, -0.15) is 0 Å². The van der Waals surface area contributed by atoms with Gasteiger partial charge in [0.15, 0.2) is 0 Å². The maximum absolute atomic E-state index is 12.1. The van der Waals surface area contributed by atoms with Crippen LogP contribution >= 0.6 is 11.6 Å². The van der Waals surface area contributed by atoms with E-state index in [1.807, 2.05) is 0 Å². The highest BCUT2D eigenvalue weighted by molar-refractivity contribution is 6.30. The van der Waals surface area contributed by atoms with E-state index in [0.717, 1.165) is 5.56 Å². The van der Waals surface area contributed by atoms with Gasteiger partial charge in [0.05, 0.1) is 11.6 Å². The van der Waals surface area contributed by atoms with Gasteiger partial charge < -0.3 is 10.5 Å². The molecule has 1 atom stereocenters. The third-order valence-electron chi connectivity index (χ3n) is 2.80. The van der Waals surface area contributed by atoms with Crippen molar-refractivity contribution in [2.24, 2.45) is 5.73 Å². The lowest BCUT2D eigenvalue weighted by molar-refractivity contribution is -0.146. The first-order valence-electron chi connectivity index (χ1n) is 6.07. The minimum Gasteiger partial charge on any atom is -0.459 e. The number of halogens is 1. The zero-order chi connectivity index (χ0) is 14.4. The van der Waals surface area contributed by atoms with E-state index in [1.54, 1.807) is 36.5 Å². The van der Waals surface area contributed by atoms with Crippen molar-refractivity contribution in [2.45, 2.75) is 12.5 Å². The van der Waals surface area contributed by atoms with Crippen molar-refractivity contribution in [3.8, 4) is 0 Å². The summed E-state index contributed by atoms with van der Waals surface area (Å²) in [5.41, 5.74) is 7.07. The van der Waals surface area contributed by atoms with E-state index >= 15 is 0 Å². The number of nitrogens with zero attached hydrogens (tertiary/aromatic N) is 2. The van der Waals surface area contributed by atoms with Gasteiger partial charge in [0.1, 0.15) is 12.9 Å². The normalized spacial score (nSPS) is 11.9. The molecular weight excluding hydrogens is 278 g/mol. The number of benzene rings is 1. The van der Waals surface area contributed by atoms with Crippen LogP contribution in [0, 0.1) is 0 Å². The summed E-state index contributed by atoms with van der Waals surface area (Å²) in [4.78, 5) is 19.8. The molecule has 0 spiro atoms. The number of rotatable bonds is 5. The zero-order valence-corrected chi connectivity index (χ0v) is 11.5. The molecular formula is C14H14ClN3O2. The fourth-order valence-electron chi connectivity index (χ4n) is 1.71. The molecule has 0 saturated heterocycles. The minimum atomic E-state index is -0.505. The molecule has 0 bridgehead atoms. The van der Waals surface area contributed by atoms with Crippen LogP contribution in [0.3, 0.4) is 0 Å². The third kappa shape index (κ3) is 3.76. The summed E-state index contributed by atoms with van der Waals surface area (Å²) in [6.07, 6.45) is 3.00. The monoisotopic (exact) mass is 291 g/mol.